The predicted molar refractivity (Wildman–Crippen MR) is 188 cm³/mol. The van der Waals surface area contributed by atoms with Crippen molar-refractivity contribution < 1.29 is 20.4 Å². The molecular weight excluding hydrogens is 568 g/mol. The van der Waals surface area contributed by atoms with Crippen LogP contribution in [-0.4, -0.2) is 20.4 Å². The summed E-state index contributed by atoms with van der Waals surface area (Å²) in [6.45, 7) is 12.9. The quantitative estimate of drug-likeness (QED) is 0.183. The topological polar surface area (TPSA) is 80.9 Å². The van der Waals surface area contributed by atoms with Crippen molar-refractivity contribution in [2.24, 2.45) is 0 Å². The first-order chi connectivity index (χ1) is 21.8. The van der Waals surface area contributed by atoms with E-state index in [1.807, 2.05) is 26.0 Å². The van der Waals surface area contributed by atoms with E-state index in [1.165, 1.54) is 59.1 Å². The van der Waals surface area contributed by atoms with Crippen LogP contribution in [-0.2, 0) is 10.8 Å². The Morgan fingerprint density at radius 3 is 1.04 bits per heavy atom. The highest BCUT2D eigenvalue weighted by molar-refractivity contribution is 5.46. The zero-order valence-electron chi connectivity index (χ0n) is 28.5. The first kappa shape index (κ1) is 33.4. The Bertz CT molecular complexity index is 1510. The summed E-state index contributed by atoms with van der Waals surface area (Å²) in [4.78, 5) is 0. The van der Waals surface area contributed by atoms with Gasteiger partial charge in [0.2, 0.25) is 0 Å². The third kappa shape index (κ3) is 6.92. The molecule has 0 heterocycles. The van der Waals surface area contributed by atoms with Gasteiger partial charge in [0, 0.05) is 0 Å². The predicted octanol–water partition coefficient (Wildman–Crippen LogP) is 10.7. The Morgan fingerprint density at radius 1 is 0.435 bits per heavy atom. The summed E-state index contributed by atoms with van der Waals surface area (Å²) in [6.07, 6.45) is 9.29. The van der Waals surface area contributed by atoms with Gasteiger partial charge in [0.15, 0.2) is 0 Å². The Morgan fingerprint density at radius 2 is 0.739 bits per heavy atom. The zero-order valence-corrected chi connectivity index (χ0v) is 28.5. The molecule has 0 aromatic heterocycles. The SMILES string of the molecule is Cc1c(O)ccc(C2CCC(C)(c3ccc(O)cc3)CC2)c1C.Cc1c(O)ccc(C2CCC(C)(c3ccc(O)cc3)CC2)c1C. The van der Waals surface area contributed by atoms with Crippen molar-refractivity contribution in [1.82, 2.24) is 0 Å². The van der Waals surface area contributed by atoms with Gasteiger partial charge in [-0.2, -0.15) is 0 Å². The molecule has 46 heavy (non-hydrogen) atoms. The van der Waals surface area contributed by atoms with Crippen molar-refractivity contribution in [2.45, 2.75) is 116 Å². The molecule has 6 rings (SSSR count). The van der Waals surface area contributed by atoms with Crippen LogP contribution in [0.2, 0.25) is 0 Å². The van der Waals surface area contributed by atoms with Crippen molar-refractivity contribution in [3.05, 3.63) is 117 Å². The molecule has 2 aliphatic rings. The van der Waals surface area contributed by atoms with E-state index in [1.54, 1.807) is 24.3 Å². The van der Waals surface area contributed by atoms with E-state index in [4.69, 9.17) is 0 Å². The lowest BCUT2D eigenvalue weighted by Crippen LogP contribution is -2.28. The molecule has 0 unspecified atom stereocenters. The summed E-state index contributed by atoms with van der Waals surface area (Å²) in [5.41, 5.74) is 10.3. The van der Waals surface area contributed by atoms with Gasteiger partial charge in [-0.05, 0) is 183 Å². The van der Waals surface area contributed by atoms with Gasteiger partial charge in [-0.1, -0.05) is 50.2 Å². The van der Waals surface area contributed by atoms with Gasteiger partial charge in [0.1, 0.15) is 23.0 Å². The van der Waals surface area contributed by atoms with Gasteiger partial charge in [-0.15, -0.1) is 0 Å². The van der Waals surface area contributed by atoms with Gasteiger partial charge >= 0.3 is 0 Å². The molecule has 4 aromatic rings. The van der Waals surface area contributed by atoms with Crippen LogP contribution in [0.3, 0.4) is 0 Å². The molecule has 4 aromatic carbocycles. The molecule has 4 N–H and O–H groups in total. The standard InChI is InChI=1S/2C21H26O2/c2*1-14-15(2)20(23)9-8-19(14)16-10-12-21(3,13-11-16)17-4-6-18(22)7-5-17/h2*4-9,16,22-23H,10-13H2,1-3H3. The summed E-state index contributed by atoms with van der Waals surface area (Å²) in [5.74, 6) is 2.63. The lowest BCUT2D eigenvalue weighted by Gasteiger charge is -2.38. The highest BCUT2D eigenvalue weighted by Crippen LogP contribution is 2.47. The fraction of sp³-hybridized carbons (Fsp3) is 0.429. The molecule has 2 fully saturated rings. The van der Waals surface area contributed by atoms with Gasteiger partial charge in [-0.25, -0.2) is 0 Å². The smallest absolute Gasteiger partial charge is 0.118 e. The molecular formula is C42H52O4. The lowest BCUT2D eigenvalue weighted by atomic mass is 9.66. The molecule has 4 heteroatoms. The van der Waals surface area contributed by atoms with Crippen molar-refractivity contribution in [1.29, 1.82) is 0 Å². The minimum absolute atomic E-state index is 0.198. The maximum absolute atomic E-state index is 9.86. The Balaban J connectivity index is 0.000000181. The third-order valence-corrected chi connectivity index (χ3v) is 11.8. The summed E-state index contributed by atoms with van der Waals surface area (Å²) in [6, 6.07) is 23.3. The van der Waals surface area contributed by atoms with Crippen LogP contribution in [0.15, 0.2) is 72.8 Å². The summed E-state index contributed by atoms with van der Waals surface area (Å²) < 4.78 is 0. The van der Waals surface area contributed by atoms with E-state index in [9.17, 15) is 20.4 Å². The summed E-state index contributed by atoms with van der Waals surface area (Å²) >= 11 is 0. The van der Waals surface area contributed by atoms with Crippen molar-refractivity contribution >= 4 is 0 Å². The molecule has 2 saturated carbocycles. The maximum atomic E-state index is 9.86. The number of phenols is 4. The largest absolute Gasteiger partial charge is 0.508 e. The number of hydrogen-bond acceptors (Lipinski definition) is 4. The number of rotatable bonds is 4. The highest BCUT2D eigenvalue weighted by Gasteiger charge is 2.35. The number of hydrogen-bond donors (Lipinski definition) is 4. The average molecular weight is 621 g/mol. The minimum atomic E-state index is 0.198. The van der Waals surface area contributed by atoms with E-state index in [2.05, 4.69) is 64.1 Å². The maximum Gasteiger partial charge on any atom is 0.118 e. The van der Waals surface area contributed by atoms with Crippen molar-refractivity contribution in [3.8, 4) is 23.0 Å². The van der Waals surface area contributed by atoms with Gasteiger partial charge in [-0.3, -0.25) is 0 Å². The summed E-state index contributed by atoms with van der Waals surface area (Å²) in [7, 11) is 0. The van der Waals surface area contributed by atoms with Crippen LogP contribution in [0.5, 0.6) is 23.0 Å². The number of phenolic OH excluding ortho intramolecular Hbond substituents is 4. The fourth-order valence-corrected chi connectivity index (χ4v) is 7.98. The number of benzene rings is 4. The van der Waals surface area contributed by atoms with E-state index >= 15 is 0 Å². The van der Waals surface area contributed by atoms with Crippen molar-refractivity contribution in [2.75, 3.05) is 0 Å². The first-order valence-electron chi connectivity index (χ1n) is 17.0. The number of aromatic hydroxyl groups is 4. The second-order valence-electron chi connectivity index (χ2n) is 14.6. The molecule has 0 saturated heterocycles. The van der Waals surface area contributed by atoms with Crippen LogP contribution in [0, 0.1) is 27.7 Å². The molecule has 244 valence electrons. The Labute approximate surface area is 275 Å². The normalized spacial score (nSPS) is 24.6. The zero-order chi connectivity index (χ0) is 33.2. The van der Waals surface area contributed by atoms with Gasteiger partial charge < -0.3 is 20.4 Å². The van der Waals surface area contributed by atoms with Crippen LogP contribution in [0.1, 0.15) is 122 Å². The Kier molecular flexibility index (Phi) is 9.77. The second-order valence-corrected chi connectivity index (χ2v) is 14.6. The molecule has 0 radical (unpaired) electrons. The average Bonchev–Trinajstić information content (AvgIpc) is 3.05. The molecule has 0 atom stereocenters. The monoisotopic (exact) mass is 620 g/mol. The second kappa shape index (κ2) is 13.4. The van der Waals surface area contributed by atoms with Crippen molar-refractivity contribution in [3.63, 3.8) is 0 Å². The molecule has 0 aliphatic heterocycles. The summed E-state index contributed by atoms with van der Waals surface area (Å²) in [5, 5.41) is 38.7. The molecule has 4 nitrogen and oxygen atoms in total. The Hall–Kier alpha value is -3.92. The fourth-order valence-electron chi connectivity index (χ4n) is 7.98. The van der Waals surface area contributed by atoms with Crippen LogP contribution in [0.25, 0.3) is 0 Å². The van der Waals surface area contributed by atoms with E-state index in [-0.39, 0.29) is 10.8 Å². The van der Waals surface area contributed by atoms with E-state index in [0.29, 0.717) is 34.8 Å². The molecule has 0 amide bonds. The van der Waals surface area contributed by atoms with Crippen LogP contribution in [0.4, 0.5) is 0 Å². The van der Waals surface area contributed by atoms with Crippen LogP contribution < -0.4 is 0 Å². The lowest BCUT2D eigenvalue weighted by molar-refractivity contribution is 0.291. The first-order valence-corrected chi connectivity index (χ1v) is 17.0. The molecule has 2 aliphatic carbocycles. The third-order valence-electron chi connectivity index (χ3n) is 11.8. The van der Waals surface area contributed by atoms with E-state index in [0.717, 1.165) is 36.8 Å². The van der Waals surface area contributed by atoms with E-state index < -0.39 is 0 Å². The van der Waals surface area contributed by atoms with Gasteiger partial charge in [0.05, 0.1) is 0 Å². The molecule has 0 spiro atoms. The highest BCUT2D eigenvalue weighted by atomic mass is 16.3. The van der Waals surface area contributed by atoms with Crippen LogP contribution >= 0.6 is 0 Å². The molecule has 0 bridgehead atoms. The van der Waals surface area contributed by atoms with Gasteiger partial charge in [0.25, 0.3) is 0 Å². The minimum Gasteiger partial charge on any atom is -0.508 e.